The molecule has 31 heavy (non-hydrogen) atoms. The van der Waals surface area contributed by atoms with E-state index in [1.807, 2.05) is 41.1 Å². The maximum Gasteiger partial charge on any atom is 0.243 e. The van der Waals surface area contributed by atoms with E-state index >= 15 is 0 Å². The van der Waals surface area contributed by atoms with Crippen LogP contribution in [-0.4, -0.2) is 52.5 Å². The van der Waals surface area contributed by atoms with Gasteiger partial charge in [-0.1, -0.05) is 18.2 Å². The maximum absolute atomic E-state index is 12.9. The van der Waals surface area contributed by atoms with Gasteiger partial charge in [0.1, 0.15) is 12.1 Å². The third-order valence-electron chi connectivity index (χ3n) is 4.95. The molecule has 10 heteroatoms. The number of H-pyrrole nitrogens is 1. The number of rotatable bonds is 10. The molecule has 3 amide bonds. The Labute approximate surface area is 182 Å². The minimum atomic E-state index is -1.26. The van der Waals surface area contributed by atoms with Crippen molar-refractivity contribution in [1.29, 1.82) is 0 Å². The van der Waals surface area contributed by atoms with Crippen molar-refractivity contribution >= 4 is 40.0 Å². The van der Waals surface area contributed by atoms with E-state index < -0.39 is 42.5 Å². The Morgan fingerprint density at radius 1 is 1.06 bits per heavy atom. The lowest BCUT2D eigenvalue weighted by Crippen LogP contribution is -2.57. The molecule has 0 saturated carbocycles. The van der Waals surface area contributed by atoms with Crippen LogP contribution >= 0.6 is 11.3 Å². The van der Waals surface area contributed by atoms with Gasteiger partial charge in [0.05, 0.1) is 12.6 Å². The molecule has 0 saturated heterocycles. The highest BCUT2D eigenvalue weighted by molar-refractivity contribution is 7.07. The van der Waals surface area contributed by atoms with E-state index in [1.165, 1.54) is 11.3 Å². The van der Waals surface area contributed by atoms with E-state index in [4.69, 9.17) is 11.5 Å². The van der Waals surface area contributed by atoms with Gasteiger partial charge in [0.2, 0.25) is 17.7 Å². The molecule has 0 unspecified atom stereocenters. The molecule has 0 aliphatic rings. The summed E-state index contributed by atoms with van der Waals surface area (Å²) in [5, 5.41) is 19.1. The fourth-order valence-electron chi connectivity index (χ4n) is 3.24. The first-order valence-electron chi connectivity index (χ1n) is 9.71. The minimum Gasteiger partial charge on any atom is -0.394 e. The quantitative estimate of drug-likeness (QED) is 0.255. The van der Waals surface area contributed by atoms with E-state index in [-0.39, 0.29) is 6.42 Å². The van der Waals surface area contributed by atoms with Gasteiger partial charge < -0.3 is 32.2 Å². The lowest BCUT2D eigenvalue weighted by molar-refractivity contribution is -0.132. The first-order chi connectivity index (χ1) is 14.9. The van der Waals surface area contributed by atoms with Crippen molar-refractivity contribution in [1.82, 2.24) is 15.6 Å². The van der Waals surface area contributed by atoms with Crippen LogP contribution in [0, 0.1) is 0 Å². The monoisotopic (exact) mass is 443 g/mol. The molecular formula is C21H25N5O4S. The predicted octanol–water partition coefficient (Wildman–Crippen LogP) is -0.211. The molecule has 0 fully saturated rings. The van der Waals surface area contributed by atoms with E-state index in [0.717, 1.165) is 22.0 Å². The summed E-state index contributed by atoms with van der Waals surface area (Å²) in [6.07, 6.45) is 2.25. The third-order valence-corrected chi connectivity index (χ3v) is 5.68. The smallest absolute Gasteiger partial charge is 0.243 e. The number of benzene rings is 1. The molecule has 0 bridgehead atoms. The number of para-hydroxylation sites is 1. The van der Waals surface area contributed by atoms with Crippen LogP contribution in [0.2, 0.25) is 0 Å². The molecule has 0 aliphatic carbocycles. The van der Waals surface area contributed by atoms with Gasteiger partial charge in [-0.2, -0.15) is 11.3 Å². The fourth-order valence-corrected chi connectivity index (χ4v) is 3.92. The summed E-state index contributed by atoms with van der Waals surface area (Å²) in [5.74, 6) is -2.01. The third kappa shape index (κ3) is 5.69. The number of primary amides is 1. The molecule has 2 aromatic heterocycles. The van der Waals surface area contributed by atoms with Crippen LogP contribution in [0.5, 0.6) is 0 Å². The number of fused-ring (bicyclic) bond motifs is 1. The van der Waals surface area contributed by atoms with Crippen molar-refractivity contribution < 1.29 is 19.5 Å². The molecule has 2 heterocycles. The van der Waals surface area contributed by atoms with Gasteiger partial charge in [0.15, 0.2) is 0 Å². The number of thiophene rings is 1. The molecule has 0 radical (unpaired) electrons. The van der Waals surface area contributed by atoms with Gasteiger partial charge in [-0.05, 0) is 40.4 Å². The number of aromatic amines is 1. The highest BCUT2D eigenvalue weighted by Crippen LogP contribution is 2.19. The van der Waals surface area contributed by atoms with Gasteiger partial charge in [-0.3, -0.25) is 14.4 Å². The lowest BCUT2D eigenvalue weighted by Gasteiger charge is -2.22. The zero-order valence-corrected chi connectivity index (χ0v) is 17.5. The first kappa shape index (κ1) is 22.5. The number of nitrogens with two attached hydrogens (primary N) is 2. The lowest BCUT2D eigenvalue weighted by atomic mass is 10.0. The molecule has 1 aromatic carbocycles. The van der Waals surface area contributed by atoms with Crippen molar-refractivity contribution in [3.63, 3.8) is 0 Å². The van der Waals surface area contributed by atoms with Gasteiger partial charge >= 0.3 is 0 Å². The summed E-state index contributed by atoms with van der Waals surface area (Å²) in [7, 11) is 0. The Balaban J connectivity index is 1.78. The summed E-state index contributed by atoms with van der Waals surface area (Å²) in [6, 6.07) is 6.32. The SMILES string of the molecule is NC(=O)[C@H](CO)NC(=O)[C@H](Cc1c[nH]c2ccccc12)NC(=O)[C@@H](N)Cc1ccsc1. The van der Waals surface area contributed by atoms with Crippen molar-refractivity contribution in [2.24, 2.45) is 11.5 Å². The molecule has 3 rings (SSSR count). The molecule has 3 aromatic rings. The van der Waals surface area contributed by atoms with E-state index in [1.54, 1.807) is 6.20 Å². The number of nitrogens with one attached hydrogen (secondary N) is 3. The number of aliphatic hydroxyl groups excluding tert-OH is 1. The Morgan fingerprint density at radius 3 is 2.48 bits per heavy atom. The van der Waals surface area contributed by atoms with Crippen LogP contribution in [0.4, 0.5) is 0 Å². The summed E-state index contributed by atoms with van der Waals surface area (Å²) in [6.45, 7) is -0.646. The van der Waals surface area contributed by atoms with E-state index in [9.17, 15) is 19.5 Å². The Morgan fingerprint density at radius 2 is 1.81 bits per heavy atom. The van der Waals surface area contributed by atoms with Crippen LogP contribution in [-0.2, 0) is 27.2 Å². The topological polar surface area (TPSA) is 163 Å². The van der Waals surface area contributed by atoms with Crippen molar-refractivity contribution in [2.75, 3.05) is 6.61 Å². The van der Waals surface area contributed by atoms with Gasteiger partial charge in [-0.25, -0.2) is 0 Å². The summed E-state index contributed by atoms with van der Waals surface area (Å²) >= 11 is 1.51. The Bertz CT molecular complexity index is 1050. The van der Waals surface area contributed by atoms with Crippen LogP contribution in [0.3, 0.4) is 0 Å². The Kier molecular flexibility index (Phi) is 7.40. The normalized spacial score (nSPS) is 14.0. The average molecular weight is 444 g/mol. The second-order valence-corrected chi connectivity index (χ2v) is 7.99. The molecule has 8 N–H and O–H groups in total. The maximum atomic E-state index is 12.9. The highest BCUT2D eigenvalue weighted by Gasteiger charge is 2.28. The minimum absolute atomic E-state index is 0.156. The number of hydrogen-bond acceptors (Lipinski definition) is 6. The summed E-state index contributed by atoms with van der Waals surface area (Å²) in [5.41, 5.74) is 13.9. The molecular weight excluding hydrogens is 418 g/mol. The van der Waals surface area contributed by atoms with Crippen LogP contribution in [0.15, 0.2) is 47.3 Å². The van der Waals surface area contributed by atoms with Gasteiger partial charge in [-0.15, -0.1) is 0 Å². The molecule has 164 valence electrons. The van der Waals surface area contributed by atoms with Crippen LogP contribution in [0.1, 0.15) is 11.1 Å². The molecule has 0 spiro atoms. The molecule has 0 aliphatic heterocycles. The van der Waals surface area contributed by atoms with Crippen LogP contribution < -0.4 is 22.1 Å². The summed E-state index contributed by atoms with van der Waals surface area (Å²) in [4.78, 5) is 40.1. The fraction of sp³-hybridized carbons (Fsp3) is 0.286. The number of carbonyl (C=O) groups excluding carboxylic acids is 3. The first-order valence-corrected chi connectivity index (χ1v) is 10.7. The van der Waals surface area contributed by atoms with Gasteiger partial charge in [0.25, 0.3) is 0 Å². The molecule has 9 nitrogen and oxygen atoms in total. The second kappa shape index (κ2) is 10.2. The molecule has 3 atom stereocenters. The zero-order chi connectivity index (χ0) is 22.4. The van der Waals surface area contributed by atoms with E-state index in [2.05, 4.69) is 15.6 Å². The van der Waals surface area contributed by atoms with E-state index in [0.29, 0.717) is 6.42 Å². The highest BCUT2D eigenvalue weighted by atomic mass is 32.1. The number of hydrogen-bond donors (Lipinski definition) is 6. The van der Waals surface area contributed by atoms with Crippen molar-refractivity contribution in [3.05, 3.63) is 58.4 Å². The van der Waals surface area contributed by atoms with Crippen molar-refractivity contribution in [3.8, 4) is 0 Å². The second-order valence-electron chi connectivity index (χ2n) is 7.21. The number of carbonyl (C=O) groups is 3. The van der Waals surface area contributed by atoms with Crippen LogP contribution in [0.25, 0.3) is 10.9 Å². The number of aromatic nitrogens is 1. The average Bonchev–Trinajstić information content (AvgIpc) is 3.41. The Hall–Kier alpha value is -3.21. The van der Waals surface area contributed by atoms with Gasteiger partial charge in [0, 0.05) is 23.5 Å². The predicted molar refractivity (Wildman–Crippen MR) is 118 cm³/mol. The number of amides is 3. The summed E-state index contributed by atoms with van der Waals surface area (Å²) < 4.78 is 0. The van der Waals surface area contributed by atoms with Crippen molar-refractivity contribution in [2.45, 2.75) is 31.0 Å². The largest absolute Gasteiger partial charge is 0.394 e. The zero-order valence-electron chi connectivity index (χ0n) is 16.7. The number of aliphatic hydroxyl groups is 1. The standard InChI is InChI=1S/C21H25N5O4S/c22-15(7-12-5-6-31-11-12)20(29)25-17(21(30)26-18(10-27)19(23)28)8-13-9-24-16-4-2-1-3-14(13)16/h1-6,9,11,15,17-18,24,27H,7-8,10,22H2,(H2,23,28)(H,25,29)(H,26,30)/t15-,17-,18-/m0/s1.